The van der Waals surface area contributed by atoms with Gasteiger partial charge in [0.15, 0.2) is 0 Å². The van der Waals surface area contributed by atoms with Gasteiger partial charge in [-0.2, -0.15) is 0 Å². The van der Waals surface area contributed by atoms with E-state index < -0.39 is 0 Å². The highest BCUT2D eigenvalue weighted by Crippen LogP contribution is 2.20. The topological polar surface area (TPSA) is 75.0 Å². The number of amides is 1. The second-order valence-corrected chi connectivity index (χ2v) is 4.28. The van der Waals surface area contributed by atoms with Gasteiger partial charge in [0.1, 0.15) is 5.69 Å². The third-order valence-electron chi connectivity index (χ3n) is 3.21. The van der Waals surface area contributed by atoms with E-state index >= 15 is 0 Å². The molecule has 0 saturated carbocycles. The fourth-order valence-corrected chi connectivity index (χ4v) is 2.20. The first kappa shape index (κ1) is 11.1. The minimum absolute atomic E-state index is 0.0590. The Morgan fingerprint density at radius 3 is 2.88 bits per heavy atom. The van der Waals surface area contributed by atoms with Crippen LogP contribution in [0.4, 0.5) is 0 Å². The van der Waals surface area contributed by atoms with Crippen LogP contribution < -0.4 is 5.73 Å². The molecule has 1 fully saturated rings. The predicted molar refractivity (Wildman–Crippen MR) is 60.9 cm³/mol. The van der Waals surface area contributed by atoms with Crippen LogP contribution in [0.2, 0.25) is 0 Å². The van der Waals surface area contributed by atoms with Crippen LogP contribution in [-0.4, -0.2) is 40.4 Å². The minimum atomic E-state index is 0.0590. The smallest absolute Gasteiger partial charge is 0.271 e. The summed E-state index contributed by atoms with van der Waals surface area (Å²) in [5, 5.41) is 0. The van der Waals surface area contributed by atoms with Crippen LogP contribution in [0.25, 0.3) is 0 Å². The number of piperidine rings is 1. The van der Waals surface area contributed by atoms with Crippen molar-refractivity contribution in [2.45, 2.75) is 19.3 Å². The van der Waals surface area contributed by atoms with Crippen molar-refractivity contribution < 1.29 is 4.79 Å². The average molecular weight is 222 g/mol. The Kier molecular flexibility index (Phi) is 3.56. The molecule has 5 nitrogen and oxygen atoms in total. The minimum Gasteiger partial charge on any atom is -0.341 e. The van der Waals surface area contributed by atoms with Crippen molar-refractivity contribution in [3.8, 4) is 0 Å². The molecule has 0 aromatic carbocycles. The zero-order valence-corrected chi connectivity index (χ0v) is 9.35. The van der Waals surface area contributed by atoms with E-state index in [1.54, 1.807) is 6.20 Å². The summed E-state index contributed by atoms with van der Waals surface area (Å²) in [6.07, 6.45) is 6.32. The molecule has 3 N–H and O–H groups in total. The number of H-pyrrole nitrogens is 1. The van der Waals surface area contributed by atoms with Gasteiger partial charge in [0.25, 0.3) is 5.91 Å². The highest BCUT2D eigenvalue weighted by Gasteiger charge is 2.23. The maximum Gasteiger partial charge on any atom is 0.271 e. The Morgan fingerprint density at radius 2 is 2.31 bits per heavy atom. The second kappa shape index (κ2) is 5.12. The van der Waals surface area contributed by atoms with Crippen LogP contribution in [0, 0.1) is 5.92 Å². The van der Waals surface area contributed by atoms with Gasteiger partial charge in [0.2, 0.25) is 0 Å². The van der Waals surface area contributed by atoms with E-state index in [1.807, 2.05) is 4.90 Å². The van der Waals surface area contributed by atoms with Crippen molar-refractivity contribution in [2.24, 2.45) is 11.7 Å². The summed E-state index contributed by atoms with van der Waals surface area (Å²) in [6, 6.07) is 0. The highest BCUT2D eigenvalue weighted by atomic mass is 16.2. The molecule has 2 rings (SSSR count). The number of nitrogens with one attached hydrogen (secondary N) is 1. The number of aromatic nitrogens is 2. The Labute approximate surface area is 95.0 Å². The standard InChI is InChI=1S/C11H18N4O/c12-4-1-9-2-5-15(6-3-9)11(16)10-7-13-8-14-10/h7-9H,1-6,12H2,(H,13,14). The van der Waals surface area contributed by atoms with Crippen molar-refractivity contribution in [3.63, 3.8) is 0 Å². The summed E-state index contributed by atoms with van der Waals surface area (Å²) in [5.41, 5.74) is 6.12. The summed E-state index contributed by atoms with van der Waals surface area (Å²) in [4.78, 5) is 20.6. The fourth-order valence-electron chi connectivity index (χ4n) is 2.20. The summed E-state index contributed by atoms with van der Waals surface area (Å²) in [5.74, 6) is 0.750. The summed E-state index contributed by atoms with van der Waals surface area (Å²) in [7, 11) is 0. The van der Waals surface area contributed by atoms with E-state index in [1.165, 1.54) is 6.33 Å². The first-order valence-electron chi connectivity index (χ1n) is 5.79. The molecule has 1 aromatic heterocycles. The fraction of sp³-hybridized carbons (Fsp3) is 0.636. The largest absolute Gasteiger partial charge is 0.341 e. The van der Waals surface area contributed by atoms with Crippen molar-refractivity contribution in [1.29, 1.82) is 0 Å². The van der Waals surface area contributed by atoms with Crippen molar-refractivity contribution in [3.05, 3.63) is 18.2 Å². The van der Waals surface area contributed by atoms with Crippen LogP contribution in [0.15, 0.2) is 12.5 Å². The molecule has 0 unspecified atom stereocenters. The predicted octanol–water partition coefficient (Wildman–Crippen LogP) is 0.611. The van der Waals surface area contributed by atoms with Gasteiger partial charge in [-0.3, -0.25) is 4.79 Å². The molecule has 2 heterocycles. The molecule has 16 heavy (non-hydrogen) atoms. The van der Waals surface area contributed by atoms with Crippen LogP contribution in [0.5, 0.6) is 0 Å². The average Bonchev–Trinajstić information content (AvgIpc) is 2.83. The first-order valence-corrected chi connectivity index (χ1v) is 5.79. The molecule has 1 aliphatic rings. The zero-order chi connectivity index (χ0) is 11.4. The lowest BCUT2D eigenvalue weighted by Crippen LogP contribution is -2.39. The number of imidazole rings is 1. The molecule has 1 aromatic rings. The molecule has 0 bridgehead atoms. The van der Waals surface area contributed by atoms with Gasteiger partial charge in [-0.25, -0.2) is 4.98 Å². The van der Waals surface area contributed by atoms with Crippen LogP contribution in [0.1, 0.15) is 29.8 Å². The first-order chi connectivity index (χ1) is 7.81. The van der Waals surface area contributed by atoms with E-state index in [0.29, 0.717) is 11.6 Å². The maximum atomic E-state index is 12.0. The van der Waals surface area contributed by atoms with Gasteiger partial charge >= 0.3 is 0 Å². The molecular formula is C11H18N4O. The SMILES string of the molecule is NCCC1CCN(C(=O)c2cnc[nH]2)CC1. The lowest BCUT2D eigenvalue weighted by atomic mass is 9.93. The molecule has 0 radical (unpaired) electrons. The molecule has 5 heteroatoms. The number of carbonyl (C=O) groups is 1. The number of hydrogen-bond donors (Lipinski definition) is 2. The monoisotopic (exact) mass is 222 g/mol. The highest BCUT2D eigenvalue weighted by molar-refractivity contribution is 5.92. The number of aromatic amines is 1. The maximum absolute atomic E-state index is 12.0. The third-order valence-corrected chi connectivity index (χ3v) is 3.21. The molecule has 1 saturated heterocycles. The van der Waals surface area contributed by atoms with E-state index in [4.69, 9.17) is 5.73 Å². The Balaban J connectivity index is 1.87. The van der Waals surface area contributed by atoms with Gasteiger partial charge in [-0.15, -0.1) is 0 Å². The third kappa shape index (κ3) is 2.41. The van der Waals surface area contributed by atoms with E-state index in [2.05, 4.69) is 9.97 Å². The van der Waals surface area contributed by atoms with Gasteiger partial charge in [-0.1, -0.05) is 0 Å². The van der Waals surface area contributed by atoms with E-state index in [0.717, 1.165) is 38.9 Å². The number of hydrogen-bond acceptors (Lipinski definition) is 3. The Morgan fingerprint density at radius 1 is 1.56 bits per heavy atom. The molecule has 0 aliphatic carbocycles. The number of nitrogens with two attached hydrogens (primary N) is 1. The number of nitrogens with zero attached hydrogens (tertiary/aromatic N) is 2. The molecular weight excluding hydrogens is 204 g/mol. The number of carbonyl (C=O) groups excluding carboxylic acids is 1. The molecule has 0 spiro atoms. The van der Waals surface area contributed by atoms with Gasteiger partial charge in [0, 0.05) is 13.1 Å². The molecule has 88 valence electrons. The van der Waals surface area contributed by atoms with Gasteiger partial charge < -0.3 is 15.6 Å². The summed E-state index contributed by atoms with van der Waals surface area (Å²) in [6.45, 7) is 2.42. The molecule has 1 amide bonds. The number of likely N-dealkylation sites (tertiary alicyclic amines) is 1. The molecule has 1 aliphatic heterocycles. The van der Waals surface area contributed by atoms with Crippen molar-refractivity contribution >= 4 is 5.91 Å². The van der Waals surface area contributed by atoms with E-state index in [-0.39, 0.29) is 5.91 Å². The summed E-state index contributed by atoms with van der Waals surface area (Å²) < 4.78 is 0. The Bertz CT molecular complexity index is 328. The van der Waals surface area contributed by atoms with Crippen molar-refractivity contribution in [1.82, 2.24) is 14.9 Å². The van der Waals surface area contributed by atoms with Crippen LogP contribution in [0.3, 0.4) is 0 Å². The second-order valence-electron chi connectivity index (χ2n) is 4.28. The lowest BCUT2D eigenvalue weighted by molar-refractivity contribution is 0.0682. The van der Waals surface area contributed by atoms with Gasteiger partial charge in [0.05, 0.1) is 12.5 Å². The van der Waals surface area contributed by atoms with Crippen LogP contribution >= 0.6 is 0 Å². The van der Waals surface area contributed by atoms with Crippen LogP contribution in [-0.2, 0) is 0 Å². The number of rotatable bonds is 3. The molecule has 0 atom stereocenters. The van der Waals surface area contributed by atoms with Crippen molar-refractivity contribution in [2.75, 3.05) is 19.6 Å². The Hall–Kier alpha value is -1.36. The quantitative estimate of drug-likeness (QED) is 0.786. The van der Waals surface area contributed by atoms with E-state index in [9.17, 15) is 4.79 Å². The lowest BCUT2D eigenvalue weighted by Gasteiger charge is -2.31. The summed E-state index contributed by atoms with van der Waals surface area (Å²) >= 11 is 0. The van der Waals surface area contributed by atoms with Gasteiger partial charge in [-0.05, 0) is 31.7 Å². The zero-order valence-electron chi connectivity index (χ0n) is 9.35. The normalized spacial score (nSPS) is 17.7.